The number of hydrogen-bond acceptors (Lipinski definition) is 8. The maximum atomic E-state index is 14.5. The van der Waals surface area contributed by atoms with Gasteiger partial charge in [-0.15, -0.1) is 5.10 Å². The zero-order valence-corrected chi connectivity index (χ0v) is 24.3. The Hall–Kier alpha value is -5.11. The summed E-state index contributed by atoms with van der Waals surface area (Å²) in [5, 5.41) is 15.1. The van der Waals surface area contributed by atoms with Gasteiger partial charge < -0.3 is 18.9 Å². The van der Waals surface area contributed by atoms with E-state index >= 15 is 0 Å². The lowest BCUT2D eigenvalue weighted by Crippen LogP contribution is -2.23. The van der Waals surface area contributed by atoms with Crippen LogP contribution in [-0.4, -0.2) is 62.0 Å². The average Bonchev–Trinajstić information content (AvgIpc) is 3.36. The fourth-order valence-electron chi connectivity index (χ4n) is 5.14. The van der Waals surface area contributed by atoms with E-state index < -0.39 is 17.7 Å². The van der Waals surface area contributed by atoms with Gasteiger partial charge in [0.2, 0.25) is 0 Å². The summed E-state index contributed by atoms with van der Waals surface area (Å²) < 4.78 is 26.3. The van der Waals surface area contributed by atoms with Crippen LogP contribution in [0.25, 0.3) is 11.2 Å². The summed E-state index contributed by atoms with van der Waals surface area (Å²) in [4.78, 5) is 33.9. The quantitative estimate of drug-likeness (QED) is 0.230. The fourth-order valence-corrected chi connectivity index (χ4v) is 5.28. The molecular formula is C29H26ClFN10O3. The van der Waals surface area contributed by atoms with Gasteiger partial charge in [0, 0.05) is 30.4 Å². The van der Waals surface area contributed by atoms with Gasteiger partial charge in [-0.25, -0.2) is 23.8 Å². The number of carbonyl (C=O) groups excluding carboxylic acids is 2. The van der Waals surface area contributed by atoms with E-state index in [1.807, 2.05) is 10.6 Å². The van der Waals surface area contributed by atoms with Crippen molar-refractivity contribution in [2.75, 3.05) is 6.61 Å². The third-order valence-electron chi connectivity index (χ3n) is 7.40. The number of nitrogens with one attached hydrogen (secondary N) is 1. The highest BCUT2D eigenvalue weighted by molar-refractivity contribution is 6.31. The van der Waals surface area contributed by atoms with Gasteiger partial charge in [-0.2, -0.15) is 5.10 Å². The average molecular weight is 617 g/mol. The first kappa shape index (κ1) is 27.7. The molecule has 0 radical (unpaired) electrons. The van der Waals surface area contributed by atoms with Gasteiger partial charge in [0.25, 0.3) is 5.91 Å². The van der Waals surface area contributed by atoms with E-state index in [1.54, 1.807) is 24.0 Å². The molecule has 1 amide bonds. The first-order valence-corrected chi connectivity index (χ1v) is 14.4. The summed E-state index contributed by atoms with van der Waals surface area (Å²) in [5.74, 6) is -0.976. The van der Waals surface area contributed by atoms with Crippen LogP contribution in [0.5, 0.6) is 0 Å². The molecule has 7 rings (SSSR count). The maximum Gasteiger partial charge on any atom is 0.341 e. The van der Waals surface area contributed by atoms with E-state index in [9.17, 15) is 14.0 Å². The van der Waals surface area contributed by atoms with Crippen LogP contribution >= 0.6 is 11.6 Å². The minimum absolute atomic E-state index is 0.0183. The van der Waals surface area contributed by atoms with Crippen LogP contribution in [0.15, 0.2) is 55.6 Å². The van der Waals surface area contributed by atoms with Crippen molar-refractivity contribution in [1.29, 1.82) is 0 Å². The van der Waals surface area contributed by atoms with Gasteiger partial charge in [0.05, 0.1) is 66.9 Å². The molecule has 0 atom stereocenters. The molecule has 0 aromatic carbocycles. The largest absolute Gasteiger partial charge is 0.462 e. The lowest BCUT2D eigenvalue weighted by Gasteiger charge is -2.08. The smallest absolute Gasteiger partial charge is 0.341 e. The molecule has 0 aliphatic heterocycles. The lowest BCUT2D eigenvalue weighted by atomic mass is 10.1. The molecular weight excluding hydrogens is 591 g/mol. The number of rotatable bonds is 10. The Bertz CT molecular complexity index is 2040. The number of hydrogen-bond donors (Lipinski definition) is 1. The normalized spacial score (nSPS) is 13.2. The molecule has 0 unspecified atom stereocenters. The third-order valence-corrected chi connectivity index (χ3v) is 7.70. The van der Waals surface area contributed by atoms with Crippen LogP contribution in [0.3, 0.4) is 0 Å². The number of esters is 1. The molecule has 1 aliphatic carbocycles. The Labute approximate surface area is 254 Å². The van der Waals surface area contributed by atoms with Crippen molar-refractivity contribution in [3.63, 3.8) is 0 Å². The van der Waals surface area contributed by atoms with Crippen molar-refractivity contribution in [3.8, 4) is 0 Å². The molecule has 13 nitrogen and oxygen atoms in total. The standard InChI is InChI=1S/C29H26ClFN10O3/c1-2-44-29(43)20-8-34-40(12-20)11-19-7-18(17-3-4-17)10-39-13-21(35-27(19)39)14-41-15-24(36-37-41)28(42)32-9-23-26-25(31)22(30)5-6-38(26)16-33-23/h5-8,10,12-13,15-17H,2-4,9,11,14H2,1H3,(H,32,42). The van der Waals surface area contributed by atoms with Gasteiger partial charge >= 0.3 is 5.97 Å². The second-order valence-corrected chi connectivity index (χ2v) is 11.0. The zero-order chi connectivity index (χ0) is 30.4. The summed E-state index contributed by atoms with van der Waals surface area (Å²) >= 11 is 5.91. The molecule has 1 aliphatic rings. The third kappa shape index (κ3) is 5.39. The SMILES string of the molecule is CCOC(=O)c1cnn(Cc2cc(C3CC3)cn3cc(Cn4cc(C(=O)NCc5ncn6ccc(Cl)c(F)c56)nn4)nc23)c1. The number of amides is 1. The Morgan fingerprint density at radius 2 is 2.00 bits per heavy atom. The van der Waals surface area contributed by atoms with Crippen molar-refractivity contribution in [3.05, 3.63) is 100 Å². The van der Waals surface area contributed by atoms with Crippen LogP contribution in [-0.2, 0) is 24.4 Å². The second-order valence-electron chi connectivity index (χ2n) is 10.6. The predicted molar refractivity (Wildman–Crippen MR) is 155 cm³/mol. The van der Waals surface area contributed by atoms with E-state index in [2.05, 4.69) is 38.0 Å². The minimum atomic E-state index is -0.604. The number of imidazole rings is 2. The Balaban J connectivity index is 1.07. The summed E-state index contributed by atoms with van der Waals surface area (Å²) in [7, 11) is 0. The highest BCUT2D eigenvalue weighted by Gasteiger charge is 2.25. The Morgan fingerprint density at radius 3 is 2.82 bits per heavy atom. The number of halogens is 2. The molecule has 224 valence electrons. The van der Waals surface area contributed by atoms with Crippen LogP contribution in [0, 0.1) is 5.82 Å². The molecule has 1 N–H and O–H groups in total. The molecule has 6 aromatic heterocycles. The number of fused-ring (bicyclic) bond motifs is 2. The molecule has 1 saturated carbocycles. The van der Waals surface area contributed by atoms with Crippen LogP contribution in [0.4, 0.5) is 4.39 Å². The molecule has 0 saturated heterocycles. The number of pyridine rings is 2. The second kappa shape index (κ2) is 11.2. The summed E-state index contributed by atoms with van der Waals surface area (Å²) in [6.45, 7) is 2.75. The molecule has 1 fully saturated rings. The van der Waals surface area contributed by atoms with E-state index in [0.717, 1.165) is 29.7 Å². The molecule has 44 heavy (non-hydrogen) atoms. The van der Waals surface area contributed by atoms with Crippen molar-refractivity contribution < 1.29 is 18.7 Å². The topological polar surface area (TPSA) is 139 Å². The zero-order valence-electron chi connectivity index (χ0n) is 23.5. The van der Waals surface area contributed by atoms with Gasteiger partial charge in [0.1, 0.15) is 11.2 Å². The lowest BCUT2D eigenvalue weighted by molar-refractivity contribution is 0.0526. The monoisotopic (exact) mass is 616 g/mol. The van der Waals surface area contributed by atoms with E-state index in [1.165, 1.54) is 39.4 Å². The maximum absolute atomic E-state index is 14.5. The molecule has 0 spiro atoms. The summed E-state index contributed by atoms with van der Waals surface area (Å²) in [6, 6.07) is 3.58. The molecule has 6 heterocycles. The fraction of sp³-hybridized carbons (Fsp3) is 0.276. The molecule has 6 aromatic rings. The van der Waals surface area contributed by atoms with Gasteiger partial charge in [-0.1, -0.05) is 16.8 Å². The van der Waals surface area contributed by atoms with Crippen molar-refractivity contribution >= 4 is 34.6 Å². The Kier molecular flexibility index (Phi) is 7.04. The highest BCUT2D eigenvalue weighted by atomic mass is 35.5. The van der Waals surface area contributed by atoms with Crippen LogP contribution < -0.4 is 5.32 Å². The van der Waals surface area contributed by atoms with Crippen molar-refractivity contribution in [2.24, 2.45) is 0 Å². The van der Waals surface area contributed by atoms with Gasteiger partial charge in [-0.3, -0.25) is 9.48 Å². The van der Waals surface area contributed by atoms with E-state index in [4.69, 9.17) is 21.3 Å². The first-order valence-electron chi connectivity index (χ1n) is 14.0. The summed E-state index contributed by atoms with van der Waals surface area (Å²) in [5.41, 5.74) is 4.70. The first-order chi connectivity index (χ1) is 21.4. The van der Waals surface area contributed by atoms with Gasteiger partial charge in [0.15, 0.2) is 11.5 Å². The Morgan fingerprint density at radius 1 is 1.14 bits per heavy atom. The van der Waals surface area contributed by atoms with E-state index in [0.29, 0.717) is 30.3 Å². The molecule has 15 heteroatoms. The van der Waals surface area contributed by atoms with Crippen LogP contribution in [0.1, 0.15) is 69.0 Å². The van der Waals surface area contributed by atoms with Crippen LogP contribution in [0.2, 0.25) is 5.02 Å². The van der Waals surface area contributed by atoms with Gasteiger partial charge in [-0.05, 0) is 43.4 Å². The predicted octanol–water partition coefficient (Wildman–Crippen LogP) is 3.64. The summed E-state index contributed by atoms with van der Waals surface area (Å²) in [6.07, 6.45) is 14.1. The number of nitrogens with zero attached hydrogens (tertiary/aromatic N) is 9. The van der Waals surface area contributed by atoms with E-state index in [-0.39, 0.29) is 29.3 Å². The van der Waals surface area contributed by atoms with Crippen molar-refractivity contribution in [1.82, 2.24) is 48.9 Å². The minimum Gasteiger partial charge on any atom is -0.462 e. The molecule has 0 bridgehead atoms. The van der Waals surface area contributed by atoms with Crippen molar-refractivity contribution in [2.45, 2.75) is 45.3 Å². The number of carbonyl (C=O) groups is 2. The number of aromatic nitrogens is 9. The highest BCUT2D eigenvalue weighted by Crippen LogP contribution is 2.40. The number of ether oxygens (including phenoxy) is 1.